The van der Waals surface area contributed by atoms with Crippen molar-refractivity contribution in [2.45, 2.75) is 13.5 Å². The third kappa shape index (κ3) is 4.99. The minimum atomic E-state index is 0.00568. The van der Waals surface area contributed by atoms with Crippen LogP contribution in [0.1, 0.15) is 12.6 Å². The molecule has 2 N–H and O–H groups in total. The highest BCUT2D eigenvalue weighted by Gasteiger charge is 2.05. The van der Waals surface area contributed by atoms with Crippen molar-refractivity contribution >= 4 is 11.9 Å². The van der Waals surface area contributed by atoms with Crippen molar-refractivity contribution in [3.05, 3.63) is 18.0 Å². The number of aryl methyl sites for hydroxylation is 1. The van der Waals surface area contributed by atoms with Gasteiger partial charge in [0.2, 0.25) is 5.91 Å². The summed E-state index contributed by atoms with van der Waals surface area (Å²) in [5.74, 6) is 0.630. The average Bonchev–Trinajstić information content (AvgIpc) is 2.78. The summed E-state index contributed by atoms with van der Waals surface area (Å²) in [5, 5.41) is 10.2. The number of nitrogens with one attached hydrogen (secondary N) is 2. The second-order valence-electron chi connectivity index (χ2n) is 4.28. The lowest BCUT2D eigenvalue weighted by molar-refractivity contribution is -0.127. The van der Waals surface area contributed by atoms with Crippen LogP contribution in [0, 0.1) is 0 Å². The molecule has 0 aliphatic heterocycles. The molecule has 1 aromatic rings. The summed E-state index contributed by atoms with van der Waals surface area (Å²) >= 11 is 0. The van der Waals surface area contributed by atoms with Gasteiger partial charge in [-0.15, -0.1) is 0 Å². The molecule has 106 valence electrons. The van der Waals surface area contributed by atoms with Gasteiger partial charge < -0.3 is 15.5 Å². The fourth-order valence-corrected chi connectivity index (χ4v) is 1.38. The Bertz CT molecular complexity index is 437. The Hall–Kier alpha value is -2.05. The molecule has 7 heteroatoms. The molecule has 0 unspecified atom stereocenters. The van der Waals surface area contributed by atoms with Gasteiger partial charge in [-0.2, -0.15) is 5.10 Å². The Kier molecular flexibility index (Phi) is 5.84. The second kappa shape index (κ2) is 7.40. The Balaban J connectivity index is 2.56. The molecule has 0 aliphatic carbocycles. The molecule has 1 heterocycles. The molecule has 7 nitrogen and oxygen atoms in total. The fourth-order valence-electron chi connectivity index (χ4n) is 1.38. The summed E-state index contributed by atoms with van der Waals surface area (Å²) in [5.41, 5.74) is 1.01. The normalized spacial score (nSPS) is 11.3. The van der Waals surface area contributed by atoms with Gasteiger partial charge in [0.05, 0.1) is 18.8 Å². The van der Waals surface area contributed by atoms with E-state index in [9.17, 15) is 4.79 Å². The summed E-state index contributed by atoms with van der Waals surface area (Å²) < 4.78 is 1.78. The van der Waals surface area contributed by atoms with Crippen molar-refractivity contribution in [1.82, 2.24) is 25.3 Å². The van der Waals surface area contributed by atoms with E-state index in [2.05, 4.69) is 20.7 Å². The predicted molar refractivity (Wildman–Crippen MR) is 74.7 cm³/mol. The summed E-state index contributed by atoms with van der Waals surface area (Å²) in [6, 6.07) is 1.91. The first-order valence-electron chi connectivity index (χ1n) is 6.23. The highest BCUT2D eigenvalue weighted by atomic mass is 16.2. The van der Waals surface area contributed by atoms with Crippen LogP contribution in [-0.2, 0) is 18.4 Å². The lowest BCUT2D eigenvalue weighted by atomic mass is 10.4. The van der Waals surface area contributed by atoms with Gasteiger partial charge in [0, 0.05) is 33.9 Å². The highest BCUT2D eigenvalue weighted by molar-refractivity contribution is 5.86. The number of amides is 1. The van der Waals surface area contributed by atoms with Crippen LogP contribution in [0.5, 0.6) is 0 Å². The number of carbonyl (C=O) groups is 1. The summed E-state index contributed by atoms with van der Waals surface area (Å²) in [7, 11) is 5.33. The monoisotopic (exact) mass is 266 g/mol. The minimum absolute atomic E-state index is 0.00568. The lowest BCUT2D eigenvalue weighted by Crippen LogP contribution is -2.42. The maximum Gasteiger partial charge on any atom is 0.241 e. The van der Waals surface area contributed by atoms with Crippen LogP contribution in [0.25, 0.3) is 0 Å². The summed E-state index contributed by atoms with van der Waals surface area (Å²) in [4.78, 5) is 17.5. The van der Waals surface area contributed by atoms with Gasteiger partial charge in [-0.05, 0) is 13.0 Å². The number of hydrogen-bond donors (Lipinski definition) is 2. The maximum atomic E-state index is 11.5. The molecule has 1 aromatic heterocycles. The van der Waals surface area contributed by atoms with E-state index in [1.165, 1.54) is 4.90 Å². The number of nitrogens with zero attached hydrogens (tertiary/aromatic N) is 4. The number of aromatic nitrogens is 2. The third-order valence-corrected chi connectivity index (χ3v) is 2.57. The number of likely N-dealkylation sites (N-methyl/N-ethyl adjacent to an activating group) is 1. The zero-order valence-corrected chi connectivity index (χ0v) is 12.0. The van der Waals surface area contributed by atoms with E-state index >= 15 is 0 Å². The quantitative estimate of drug-likeness (QED) is 0.560. The van der Waals surface area contributed by atoms with Crippen molar-refractivity contribution in [2.75, 3.05) is 27.2 Å². The van der Waals surface area contributed by atoms with Crippen LogP contribution in [0.15, 0.2) is 17.3 Å². The summed E-state index contributed by atoms with van der Waals surface area (Å²) in [6.07, 6.45) is 1.74. The Morgan fingerprint density at radius 1 is 1.47 bits per heavy atom. The van der Waals surface area contributed by atoms with Gasteiger partial charge >= 0.3 is 0 Å². The van der Waals surface area contributed by atoms with E-state index < -0.39 is 0 Å². The third-order valence-electron chi connectivity index (χ3n) is 2.57. The topological polar surface area (TPSA) is 74.5 Å². The van der Waals surface area contributed by atoms with Crippen LogP contribution in [0.3, 0.4) is 0 Å². The van der Waals surface area contributed by atoms with Crippen molar-refractivity contribution in [2.24, 2.45) is 12.0 Å². The number of hydrogen-bond acceptors (Lipinski definition) is 3. The van der Waals surface area contributed by atoms with Crippen LogP contribution in [-0.4, -0.2) is 53.7 Å². The Morgan fingerprint density at radius 3 is 2.74 bits per heavy atom. The molecular weight excluding hydrogens is 244 g/mol. The molecular formula is C12H22N6O. The molecule has 19 heavy (non-hydrogen) atoms. The van der Waals surface area contributed by atoms with E-state index in [0.29, 0.717) is 12.5 Å². The minimum Gasteiger partial charge on any atom is -0.357 e. The molecule has 0 bridgehead atoms. The molecule has 0 aliphatic rings. The first-order valence-corrected chi connectivity index (χ1v) is 6.23. The molecule has 1 rings (SSSR count). The van der Waals surface area contributed by atoms with E-state index in [-0.39, 0.29) is 12.5 Å². The molecule has 1 amide bonds. The van der Waals surface area contributed by atoms with Crippen molar-refractivity contribution in [3.63, 3.8) is 0 Å². The van der Waals surface area contributed by atoms with Crippen molar-refractivity contribution in [1.29, 1.82) is 0 Å². The molecule has 0 aromatic carbocycles. The van der Waals surface area contributed by atoms with Crippen LogP contribution in [0.2, 0.25) is 0 Å². The van der Waals surface area contributed by atoms with Crippen LogP contribution in [0.4, 0.5) is 0 Å². The van der Waals surface area contributed by atoms with Crippen LogP contribution >= 0.6 is 0 Å². The fraction of sp³-hybridized carbons (Fsp3) is 0.583. The first-order chi connectivity index (χ1) is 9.04. The number of carbonyl (C=O) groups excluding carboxylic acids is 1. The smallest absolute Gasteiger partial charge is 0.241 e. The van der Waals surface area contributed by atoms with Gasteiger partial charge in [0.1, 0.15) is 0 Å². The first kappa shape index (κ1) is 15.0. The van der Waals surface area contributed by atoms with E-state index in [0.717, 1.165) is 12.2 Å². The molecule has 0 atom stereocenters. The average molecular weight is 266 g/mol. The second-order valence-corrected chi connectivity index (χ2v) is 4.28. The summed E-state index contributed by atoms with van der Waals surface area (Å²) in [6.45, 7) is 3.47. The largest absolute Gasteiger partial charge is 0.357 e. The van der Waals surface area contributed by atoms with Crippen molar-refractivity contribution in [3.8, 4) is 0 Å². The highest BCUT2D eigenvalue weighted by Crippen LogP contribution is 1.97. The standard InChI is InChI=1S/C12H22N6O/c1-5-13-12(15-9-11(19)17(2)3)14-8-10-6-7-16-18(10)4/h6-7H,5,8-9H2,1-4H3,(H2,13,14,15). The van der Waals surface area contributed by atoms with Gasteiger partial charge in [-0.1, -0.05) is 0 Å². The van der Waals surface area contributed by atoms with Crippen LogP contribution < -0.4 is 10.6 Å². The number of aliphatic imine (C=N–C) groups is 1. The molecule has 0 saturated heterocycles. The van der Waals surface area contributed by atoms with Gasteiger partial charge in [-0.25, -0.2) is 4.99 Å². The SMILES string of the molecule is CCNC(=NCc1ccnn1C)NCC(=O)N(C)C. The zero-order valence-electron chi connectivity index (χ0n) is 12.0. The number of guanidine groups is 1. The maximum absolute atomic E-state index is 11.5. The van der Waals surface area contributed by atoms with Gasteiger partial charge in [0.15, 0.2) is 5.96 Å². The predicted octanol–water partition coefficient (Wildman–Crippen LogP) is -0.437. The van der Waals surface area contributed by atoms with Gasteiger partial charge in [-0.3, -0.25) is 9.48 Å². The Labute approximate surface area is 113 Å². The van der Waals surface area contributed by atoms with Crippen molar-refractivity contribution < 1.29 is 4.79 Å². The molecule has 0 spiro atoms. The lowest BCUT2D eigenvalue weighted by Gasteiger charge is -2.14. The number of rotatable bonds is 5. The van der Waals surface area contributed by atoms with E-state index in [1.807, 2.05) is 20.0 Å². The van der Waals surface area contributed by atoms with E-state index in [1.54, 1.807) is 25.0 Å². The van der Waals surface area contributed by atoms with E-state index in [4.69, 9.17) is 0 Å². The molecule has 0 radical (unpaired) electrons. The molecule has 0 saturated carbocycles. The molecule has 0 fully saturated rings. The Morgan fingerprint density at radius 2 is 2.21 bits per heavy atom. The zero-order chi connectivity index (χ0) is 14.3. The van der Waals surface area contributed by atoms with Gasteiger partial charge in [0.25, 0.3) is 0 Å².